The number of benzene rings is 2. The fourth-order valence-electron chi connectivity index (χ4n) is 4.03. The molecule has 0 aliphatic carbocycles. The van der Waals surface area contributed by atoms with E-state index >= 15 is 0 Å². The second kappa shape index (κ2) is 11.8. The van der Waals surface area contributed by atoms with Crippen molar-refractivity contribution < 1.29 is 23.2 Å². The Hall–Kier alpha value is -2.71. The minimum atomic E-state index is -0.642. The van der Waals surface area contributed by atoms with Crippen LogP contribution in [0.1, 0.15) is 45.1 Å². The molecule has 2 aromatic carbocycles. The molecule has 1 heterocycles. The van der Waals surface area contributed by atoms with Crippen LogP contribution in [0.3, 0.4) is 0 Å². The lowest BCUT2D eigenvalue weighted by Crippen LogP contribution is -2.41. The molecule has 10 heteroatoms. The Morgan fingerprint density at radius 1 is 1.09 bits per heavy atom. The number of piperidine rings is 1. The molecule has 1 atom stereocenters. The Labute approximate surface area is 213 Å². The van der Waals surface area contributed by atoms with Crippen LogP contribution in [0.25, 0.3) is 0 Å². The highest BCUT2D eigenvalue weighted by Crippen LogP contribution is 2.39. The number of nitrogens with one attached hydrogen (secondary N) is 2. The maximum absolute atomic E-state index is 14.1. The topological polar surface area (TPSA) is 78.5 Å². The van der Waals surface area contributed by atoms with E-state index in [1.165, 1.54) is 29.2 Å². The zero-order valence-electron chi connectivity index (χ0n) is 19.5. The summed E-state index contributed by atoms with van der Waals surface area (Å²) < 4.78 is 27.3. The van der Waals surface area contributed by atoms with E-state index in [0.717, 1.165) is 6.07 Å². The van der Waals surface area contributed by atoms with E-state index in [4.69, 9.17) is 23.2 Å². The number of hydrogen-bond acceptors (Lipinski definition) is 3. The molecular formula is C25H27Cl2F2N3O3. The predicted octanol–water partition coefficient (Wildman–Crippen LogP) is 5.50. The zero-order chi connectivity index (χ0) is 25.7. The summed E-state index contributed by atoms with van der Waals surface area (Å²) in [5.74, 6) is -2.10. The minimum absolute atomic E-state index is 0.0115. The van der Waals surface area contributed by atoms with Crippen LogP contribution in [0.2, 0.25) is 10.0 Å². The van der Waals surface area contributed by atoms with Crippen molar-refractivity contribution in [2.24, 2.45) is 5.92 Å². The van der Waals surface area contributed by atoms with Gasteiger partial charge in [-0.1, -0.05) is 29.3 Å². The third kappa shape index (κ3) is 7.39. The number of carbonyl (C=O) groups excluding carboxylic acids is 3. The largest absolute Gasteiger partial charge is 0.354 e. The van der Waals surface area contributed by atoms with Gasteiger partial charge in [0, 0.05) is 43.6 Å². The quantitative estimate of drug-likeness (QED) is 0.477. The van der Waals surface area contributed by atoms with Gasteiger partial charge in [-0.3, -0.25) is 14.4 Å². The van der Waals surface area contributed by atoms with Crippen molar-refractivity contribution in [1.29, 1.82) is 0 Å². The number of hydrogen-bond donors (Lipinski definition) is 2. The number of rotatable bonds is 8. The first-order chi connectivity index (χ1) is 16.5. The summed E-state index contributed by atoms with van der Waals surface area (Å²) in [6.45, 7) is 3.94. The highest BCUT2D eigenvalue weighted by atomic mass is 35.5. The van der Waals surface area contributed by atoms with Crippen molar-refractivity contribution in [2.45, 2.75) is 52.0 Å². The van der Waals surface area contributed by atoms with Crippen LogP contribution >= 0.6 is 23.2 Å². The van der Waals surface area contributed by atoms with E-state index in [9.17, 15) is 23.2 Å². The van der Waals surface area contributed by atoms with Gasteiger partial charge >= 0.3 is 0 Å². The predicted molar refractivity (Wildman–Crippen MR) is 133 cm³/mol. The van der Waals surface area contributed by atoms with Gasteiger partial charge in [0.15, 0.2) is 0 Å². The molecule has 1 fully saturated rings. The van der Waals surface area contributed by atoms with Crippen LogP contribution in [0.4, 0.5) is 20.2 Å². The van der Waals surface area contributed by atoms with Gasteiger partial charge in [0.2, 0.25) is 17.7 Å². The maximum atomic E-state index is 14.1. The Morgan fingerprint density at radius 2 is 1.74 bits per heavy atom. The van der Waals surface area contributed by atoms with E-state index in [2.05, 4.69) is 10.6 Å². The SMILES string of the molecule is CC(C)NC(=O)CCC(=O)Nc1cc(Cl)c(N2CC(Cc3ccc(F)cc3F)CCC2=O)c(Cl)c1. The first-order valence-corrected chi connectivity index (χ1v) is 12.1. The summed E-state index contributed by atoms with van der Waals surface area (Å²) >= 11 is 12.9. The van der Waals surface area contributed by atoms with Crippen molar-refractivity contribution >= 4 is 52.3 Å². The molecule has 0 spiro atoms. The van der Waals surface area contributed by atoms with Crippen molar-refractivity contribution in [3.05, 3.63) is 57.6 Å². The average Bonchev–Trinajstić information content (AvgIpc) is 2.75. The van der Waals surface area contributed by atoms with Gasteiger partial charge in [-0.05, 0) is 56.4 Å². The Balaban J connectivity index is 1.68. The Kier molecular flexibility index (Phi) is 9.08. The van der Waals surface area contributed by atoms with Gasteiger partial charge in [-0.2, -0.15) is 0 Å². The Morgan fingerprint density at radius 3 is 2.37 bits per heavy atom. The molecular weight excluding hydrogens is 499 g/mol. The zero-order valence-corrected chi connectivity index (χ0v) is 21.0. The number of carbonyl (C=O) groups is 3. The van der Waals surface area contributed by atoms with E-state index in [0.29, 0.717) is 29.8 Å². The monoisotopic (exact) mass is 525 g/mol. The molecule has 6 nitrogen and oxygen atoms in total. The van der Waals surface area contributed by atoms with E-state index in [-0.39, 0.29) is 65.5 Å². The fraction of sp³-hybridized carbons (Fsp3) is 0.400. The summed E-state index contributed by atoms with van der Waals surface area (Å²) in [6.07, 6.45) is 1.16. The molecule has 1 aliphatic heterocycles. The molecule has 3 rings (SSSR count). The lowest BCUT2D eigenvalue weighted by atomic mass is 9.90. The average molecular weight is 526 g/mol. The molecule has 2 aromatic rings. The van der Waals surface area contributed by atoms with Gasteiger partial charge in [0.1, 0.15) is 11.6 Å². The van der Waals surface area contributed by atoms with Crippen LogP contribution in [0.15, 0.2) is 30.3 Å². The molecule has 0 bridgehead atoms. The highest BCUT2D eigenvalue weighted by molar-refractivity contribution is 6.40. The molecule has 1 aliphatic rings. The van der Waals surface area contributed by atoms with Gasteiger partial charge in [0.05, 0.1) is 15.7 Å². The molecule has 35 heavy (non-hydrogen) atoms. The number of anilines is 2. The molecule has 0 saturated carbocycles. The molecule has 1 unspecified atom stereocenters. The van der Waals surface area contributed by atoms with Crippen LogP contribution in [-0.4, -0.2) is 30.3 Å². The maximum Gasteiger partial charge on any atom is 0.227 e. The summed E-state index contributed by atoms with van der Waals surface area (Å²) in [4.78, 5) is 38.1. The van der Waals surface area contributed by atoms with E-state index < -0.39 is 11.6 Å². The van der Waals surface area contributed by atoms with Crippen LogP contribution in [-0.2, 0) is 20.8 Å². The number of nitrogens with zero attached hydrogens (tertiary/aromatic N) is 1. The Bertz CT molecular complexity index is 1100. The first kappa shape index (κ1) is 26.9. The molecule has 0 aromatic heterocycles. The molecule has 2 N–H and O–H groups in total. The summed E-state index contributed by atoms with van der Waals surface area (Å²) in [5, 5.41) is 5.73. The first-order valence-electron chi connectivity index (χ1n) is 11.4. The number of amides is 3. The standard InChI is InChI=1S/C25H27Cl2F2N3O3/c1-14(2)30-22(33)6-7-23(34)31-18-11-19(26)25(20(27)12-18)32-13-15(3-8-24(32)35)9-16-4-5-17(28)10-21(16)29/h4-5,10-12,14-15H,3,6-9,13H2,1-2H3,(H,30,33)(H,31,34). The van der Waals surface area contributed by atoms with Crippen molar-refractivity contribution in [3.63, 3.8) is 0 Å². The smallest absolute Gasteiger partial charge is 0.227 e. The lowest BCUT2D eigenvalue weighted by Gasteiger charge is -2.34. The second-order valence-electron chi connectivity index (χ2n) is 8.91. The van der Waals surface area contributed by atoms with Crippen LogP contribution in [0.5, 0.6) is 0 Å². The second-order valence-corrected chi connectivity index (χ2v) is 9.72. The third-order valence-electron chi connectivity index (χ3n) is 5.63. The molecule has 188 valence electrons. The lowest BCUT2D eigenvalue weighted by molar-refractivity contribution is -0.124. The summed E-state index contributed by atoms with van der Waals surface area (Å²) in [5.41, 5.74) is 1.03. The van der Waals surface area contributed by atoms with Crippen molar-refractivity contribution in [1.82, 2.24) is 5.32 Å². The van der Waals surface area contributed by atoms with Gasteiger partial charge in [0.25, 0.3) is 0 Å². The van der Waals surface area contributed by atoms with Gasteiger partial charge in [-0.15, -0.1) is 0 Å². The van der Waals surface area contributed by atoms with E-state index in [1.807, 2.05) is 13.8 Å². The van der Waals surface area contributed by atoms with E-state index in [1.54, 1.807) is 0 Å². The van der Waals surface area contributed by atoms with Crippen LogP contribution in [0, 0.1) is 17.6 Å². The van der Waals surface area contributed by atoms with Crippen molar-refractivity contribution in [2.75, 3.05) is 16.8 Å². The fourth-order valence-corrected chi connectivity index (χ4v) is 4.73. The molecule has 1 saturated heterocycles. The van der Waals surface area contributed by atoms with Crippen LogP contribution < -0.4 is 15.5 Å². The summed E-state index contributed by atoms with van der Waals surface area (Å²) in [6, 6.07) is 6.44. The summed E-state index contributed by atoms with van der Waals surface area (Å²) in [7, 11) is 0. The molecule has 0 radical (unpaired) electrons. The van der Waals surface area contributed by atoms with Gasteiger partial charge in [-0.25, -0.2) is 8.78 Å². The number of halogens is 4. The van der Waals surface area contributed by atoms with Crippen molar-refractivity contribution in [3.8, 4) is 0 Å². The molecule has 3 amide bonds. The highest BCUT2D eigenvalue weighted by Gasteiger charge is 2.30. The van der Waals surface area contributed by atoms with Gasteiger partial charge < -0.3 is 15.5 Å². The third-order valence-corrected chi connectivity index (χ3v) is 6.21. The minimum Gasteiger partial charge on any atom is -0.354 e. The normalized spacial score (nSPS) is 15.9.